The average Bonchev–Trinajstić information content (AvgIpc) is 2.34. The van der Waals surface area contributed by atoms with Crippen molar-refractivity contribution in [1.29, 1.82) is 10.8 Å². The molecule has 21 heavy (non-hydrogen) atoms. The van der Waals surface area contributed by atoms with Crippen LogP contribution in [0.1, 0.15) is 12.8 Å². The smallest absolute Gasteiger partial charge is 0.287 e. The summed E-state index contributed by atoms with van der Waals surface area (Å²) in [6.45, 7) is 0. The number of thioether (sulfide) groups is 1. The van der Waals surface area contributed by atoms with Gasteiger partial charge >= 0.3 is 0 Å². The molecule has 0 radical (unpaired) electrons. The van der Waals surface area contributed by atoms with Crippen LogP contribution in [-0.4, -0.2) is 59.1 Å². The van der Waals surface area contributed by atoms with Crippen molar-refractivity contribution in [1.82, 2.24) is 0 Å². The van der Waals surface area contributed by atoms with Gasteiger partial charge in [-0.1, -0.05) is 11.8 Å². The second kappa shape index (κ2) is 6.74. The second-order valence-electron chi connectivity index (χ2n) is 3.73. The van der Waals surface area contributed by atoms with E-state index in [2.05, 4.69) is 0 Å². The Kier molecular flexibility index (Phi) is 6.37. The molecular formula is C8H12N2O8S3. The van der Waals surface area contributed by atoms with Crippen LogP contribution in [0.15, 0.2) is 0 Å². The number of carbonyl (C=O) groups excluding carboxylic acids is 2. The zero-order chi connectivity index (χ0) is 16.9. The number of hydrogen-bond acceptors (Lipinski definition) is 9. The third-order valence-electron chi connectivity index (χ3n) is 2.35. The third-order valence-corrected chi connectivity index (χ3v) is 7.60. The van der Waals surface area contributed by atoms with Gasteiger partial charge in [-0.2, -0.15) is 16.8 Å². The fourth-order valence-electron chi connectivity index (χ4n) is 1.24. The van der Waals surface area contributed by atoms with E-state index in [-0.39, 0.29) is 24.3 Å². The molecule has 0 amide bonds. The van der Waals surface area contributed by atoms with Crippen LogP contribution in [-0.2, 0) is 29.8 Å². The van der Waals surface area contributed by atoms with Gasteiger partial charge in [0.1, 0.15) is 0 Å². The molecule has 0 fully saturated rings. The molecule has 0 bridgehead atoms. The van der Waals surface area contributed by atoms with E-state index in [1.807, 2.05) is 0 Å². The fraction of sp³-hybridized carbons (Fsp3) is 0.500. The summed E-state index contributed by atoms with van der Waals surface area (Å²) in [4.78, 5) is 22.2. The van der Waals surface area contributed by atoms with Gasteiger partial charge in [-0.15, -0.1) is 0 Å². The molecule has 0 rings (SSSR count). The van der Waals surface area contributed by atoms with E-state index in [9.17, 15) is 26.4 Å². The second-order valence-corrected chi connectivity index (χ2v) is 9.26. The Balaban J connectivity index is 6.32. The lowest BCUT2D eigenvalue weighted by Gasteiger charge is -2.31. The molecule has 10 nitrogen and oxygen atoms in total. The molecule has 0 aromatic rings. The minimum atomic E-state index is -5.23. The quantitative estimate of drug-likeness (QED) is 0.223. The van der Waals surface area contributed by atoms with E-state index in [4.69, 9.17) is 19.9 Å². The van der Waals surface area contributed by atoms with Gasteiger partial charge in [0.05, 0.1) is 0 Å². The first-order chi connectivity index (χ1) is 9.45. The molecule has 0 saturated heterocycles. The zero-order valence-corrected chi connectivity index (χ0v) is 12.7. The van der Waals surface area contributed by atoms with Gasteiger partial charge < -0.3 is 20.4 Å². The number of hydrogen-bond donors (Lipinski definition) is 4. The highest BCUT2D eigenvalue weighted by Crippen LogP contribution is 2.44. The Labute approximate surface area is 124 Å². The third kappa shape index (κ3) is 3.94. The Morgan fingerprint density at radius 3 is 1.29 bits per heavy atom. The van der Waals surface area contributed by atoms with Crippen molar-refractivity contribution < 1.29 is 35.5 Å². The summed E-state index contributed by atoms with van der Waals surface area (Å²) < 4.78 is 57.9. The monoisotopic (exact) mass is 360 g/mol. The van der Waals surface area contributed by atoms with E-state index < -0.39 is 41.2 Å². The van der Waals surface area contributed by atoms with Gasteiger partial charge in [-0.3, -0.25) is 9.11 Å². The molecule has 0 aliphatic carbocycles. The molecule has 0 heterocycles. The maximum absolute atomic E-state index is 11.3. The van der Waals surface area contributed by atoms with Crippen LogP contribution in [0.4, 0.5) is 0 Å². The Hall–Kier alpha value is -1.15. The van der Waals surface area contributed by atoms with E-state index in [0.717, 1.165) is 0 Å². The van der Waals surface area contributed by atoms with Gasteiger partial charge in [0.15, 0.2) is 12.6 Å². The zero-order valence-electron chi connectivity index (χ0n) is 10.3. The van der Waals surface area contributed by atoms with Gasteiger partial charge in [0.25, 0.3) is 20.2 Å². The van der Waals surface area contributed by atoms with Crippen molar-refractivity contribution in [2.45, 2.75) is 21.0 Å². The molecular weight excluding hydrogens is 348 g/mol. The van der Waals surface area contributed by atoms with Gasteiger partial charge in [0, 0.05) is 12.8 Å². The summed E-state index contributed by atoms with van der Waals surface area (Å²) in [5.41, 5.74) is 0. The molecule has 13 heteroatoms. The van der Waals surface area contributed by atoms with Gasteiger partial charge in [-0.05, 0) is 12.4 Å². The van der Waals surface area contributed by atoms with Crippen molar-refractivity contribution in [2.24, 2.45) is 0 Å². The number of carbonyl (C=O) groups is 2. The van der Waals surface area contributed by atoms with Crippen LogP contribution in [0, 0.1) is 10.8 Å². The highest BCUT2D eigenvalue weighted by Gasteiger charge is 2.55. The lowest BCUT2D eigenvalue weighted by Crippen LogP contribution is -2.47. The SMILES string of the molecule is N=CCC(C=O)(SC(C=O)(CC=N)S(=O)(=O)O)S(=O)(=O)O. The topological polar surface area (TPSA) is 191 Å². The van der Waals surface area contributed by atoms with Crippen molar-refractivity contribution >= 4 is 57.0 Å². The van der Waals surface area contributed by atoms with E-state index in [1.165, 1.54) is 0 Å². The largest absolute Gasteiger partial charge is 0.313 e. The molecule has 0 aliphatic heterocycles. The average molecular weight is 360 g/mol. The van der Waals surface area contributed by atoms with Crippen molar-refractivity contribution in [3.63, 3.8) is 0 Å². The van der Waals surface area contributed by atoms with Crippen molar-refractivity contribution in [3.05, 3.63) is 0 Å². The summed E-state index contributed by atoms with van der Waals surface area (Å²) >= 11 is -0.367. The Morgan fingerprint density at radius 1 is 0.857 bits per heavy atom. The minimum absolute atomic E-state index is 0.342. The Bertz CT molecular complexity index is 586. The first-order valence-electron chi connectivity index (χ1n) is 5.00. The van der Waals surface area contributed by atoms with E-state index in [1.54, 1.807) is 0 Å². The lowest BCUT2D eigenvalue weighted by molar-refractivity contribution is -0.108. The van der Waals surface area contributed by atoms with Crippen LogP contribution < -0.4 is 0 Å². The van der Waals surface area contributed by atoms with Crippen LogP contribution in [0.25, 0.3) is 0 Å². The molecule has 120 valence electrons. The molecule has 0 aromatic heterocycles. The number of aldehydes is 2. The van der Waals surface area contributed by atoms with Crippen molar-refractivity contribution in [2.75, 3.05) is 0 Å². The van der Waals surface area contributed by atoms with Crippen LogP contribution in [0.5, 0.6) is 0 Å². The van der Waals surface area contributed by atoms with Crippen LogP contribution in [0.2, 0.25) is 0 Å². The van der Waals surface area contributed by atoms with Crippen LogP contribution >= 0.6 is 11.8 Å². The molecule has 4 N–H and O–H groups in total. The molecule has 2 atom stereocenters. The summed E-state index contributed by atoms with van der Waals surface area (Å²) in [5, 5.41) is 13.7. The molecule has 0 aromatic carbocycles. The molecule has 0 spiro atoms. The standard InChI is InChI=1S/C8H12N2O8S3/c9-3-1-7(5-11,20(13,14)15)19-8(6-12,2-4-10)21(16,17)18/h3-6,9-10H,1-2H2,(H,13,14,15)(H,16,17,18). The van der Waals surface area contributed by atoms with Crippen LogP contribution in [0.3, 0.4) is 0 Å². The van der Waals surface area contributed by atoms with Crippen molar-refractivity contribution in [3.8, 4) is 0 Å². The Morgan fingerprint density at radius 2 is 1.14 bits per heavy atom. The molecule has 0 saturated carbocycles. The minimum Gasteiger partial charge on any atom is -0.313 e. The predicted octanol–water partition coefficient (Wildman–Crippen LogP) is -0.635. The summed E-state index contributed by atoms with van der Waals surface area (Å²) in [7, 11) is -10.5. The molecule has 2 unspecified atom stereocenters. The number of rotatable bonds is 10. The van der Waals surface area contributed by atoms with E-state index >= 15 is 0 Å². The predicted molar refractivity (Wildman–Crippen MR) is 75.1 cm³/mol. The summed E-state index contributed by atoms with van der Waals surface area (Å²) in [6.07, 6.45) is -1.73. The number of nitrogens with one attached hydrogen (secondary N) is 2. The first kappa shape index (κ1) is 19.9. The highest BCUT2D eigenvalue weighted by molar-refractivity contribution is 8.21. The first-order valence-corrected chi connectivity index (χ1v) is 8.69. The fourth-order valence-corrected chi connectivity index (χ4v) is 4.98. The normalized spacial score (nSPS) is 18.0. The highest BCUT2D eigenvalue weighted by atomic mass is 32.3. The van der Waals surface area contributed by atoms with Gasteiger partial charge in [-0.25, -0.2) is 0 Å². The van der Waals surface area contributed by atoms with E-state index in [0.29, 0.717) is 12.4 Å². The maximum Gasteiger partial charge on any atom is 0.287 e. The van der Waals surface area contributed by atoms with Gasteiger partial charge in [0.2, 0.25) is 8.16 Å². The molecule has 0 aliphatic rings. The summed E-state index contributed by atoms with van der Waals surface area (Å²) in [6, 6.07) is 0. The lowest BCUT2D eigenvalue weighted by atomic mass is 10.3. The maximum atomic E-state index is 11.3. The summed E-state index contributed by atoms with van der Waals surface area (Å²) in [5.74, 6) is 0.